The van der Waals surface area contributed by atoms with E-state index in [9.17, 15) is 4.79 Å². The summed E-state index contributed by atoms with van der Waals surface area (Å²) in [7, 11) is 0. The van der Waals surface area contributed by atoms with E-state index < -0.39 is 5.97 Å². The standard InChI is InChI=1S/C17H16N2O2/c1-4-17(20)21-16-11-13(3)7-10-15(16)19-18-14-8-5-12(2)6-9-14/h4-11H,1H2,2-3H3. The van der Waals surface area contributed by atoms with Crippen molar-refractivity contribution in [1.29, 1.82) is 0 Å². The molecule has 0 amide bonds. The van der Waals surface area contributed by atoms with Crippen LogP contribution < -0.4 is 4.74 Å². The molecule has 0 fully saturated rings. The molecular formula is C17H16N2O2. The van der Waals surface area contributed by atoms with E-state index in [-0.39, 0.29) is 0 Å². The average molecular weight is 280 g/mol. The second kappa shape index (κ2) is 6.61. The Balaban J connectivity index is 2.28. The molecule has 0 saturated carbocycles. The SMILES string of the molecule is C=CC(=O)Oc1cc(C)ccc1N=Nc1ccc(C)cc1. The minimum absolute atomic E-state index is 0.371. The third-order valence-corrected chi connectivity index (χ3v) is 2.80. The lowest BCUT2D eigenvalue weighted by atomic mass is 10.2. The molecule has 0 spiro atoms. The summed E-state index contributed by atoms with van der Waals surface area (Å²) in [6.45, 7) is 7.30. The molecule has 0 N–H and O–H groups in total. The second-order valence-corrected chi connectivity index (χ2v) is 4.63. The number of nitrogens with zero attached hydrogens (tertiary/aromatic N) is 2. The molecule has 0 saturated heterocycles. The van der Waals surface area contributed by atoms with Gasteiger partial charge in [0.1, 0.15) is 5.69 Å². The van der Waals surface area contributed by atoms with Crippen LogP contribution in [0.1, 0.15) is 11.1 Å². The zero-order valence-electron chi connectivity index (χ0n) is 12.0. The highest BCUT2D eigenvalue weighted by Gasteiger charge is 2.07. The topological polar surface area (TPSA) is 51.0 Å². The number of hydrogen-bond acceptors (Lipinski definition) is 4. The molecule has 0 atom stereocenters. The number of hydrogen-bond donors (Lipinski definition) is 0. The van der Waals surface area contributed by atoms with Gasteiger partial charge in [-0.05, 0) is 43.7 Å². The van der Waals surface area contributed by atoms with Crippen LogP contribution >= 0.6 is 0 Å². The molecule has 2 rings (SSSR count). The number of ether oxygens (including phenoxy) is 1. The predicted molar refractivity (Wildman–Crippen MR) is 82.4 cm³/mol. The smallest absolute Gasteiger partial charge is 0.335 e. The lowest BCUT2D eigenvalue weighted by Gasteiger charge is -2.05. The number of carbonyl (C=O) groups is 1. The van der Waals surface area contributed by atoms with Crippen LogP contribution in [0.2, 0.25) is 0 Å². The zero-order valence-corrected chi connectivity index (χ0v) is 12.0. The maximum Gasteiger partial charge on any atom is 0.335 e. The molecule has 21 heavy (non-hydrogen) atoms. The lowest BCUT2D eigenvalue weighted by Crippen LogP contribution is -2.03. The summed E-state index contributed by atoms with van der Waals surface area (Å²) < 4.78 is 5.17. The minimum atomic E-state index is -0.521. The van der Waals surface area contributed by atoms with Gasteiger partial charge in [0, 0.05) is 6.08 Å². The van der Waals surface area contributed by atoms with E-state index in [1.54, 1.807) is 12.1 Å². The first-order valence-corrected chi connectivity index (χ1v) is 6.52. The van der Waals surface area contributed by atoms with E-state index in [0.29, 0.717) is 11.4 Å². The average Bonchev–Trinajstić information content (AvgIpc) is 2.48. The Kier molecular flexibility index (Phi) is 4.61. The van der Waals surface area contributed by atoms with E-state index in [4.69, 9.17) is 4.74 Å². The molecule has 0 aliphatic heterocycles. The van der Waals surface area contributed by atoms with Crippen LogP contribution in [0.3, 0.4) is 0 Å². The minimum Gasteiger partial charge on any atom is -0.421 e. The van der Waals surface area contributed by atoms with Gasteiger partial charge in [0.2, 0.25) is 0 Å². The van der Waals surface area contributed by atoms with Crippen LogP contribution in [0.4, 0.5) is 11.4 Å². The third kappa shape index (κ3) is 4.11. The summed E-state index contributed by atoms with van der Waals surface area (Å²) in [4.78, 5) is 11.3. The van der Waals surface area contributed by atoms with Crippen LogP contribution in [-0.2, 0) is 4.79 Å². The molecule has 4 nitrogen and oxygen atoms in total. The van der Waals surface area contributed by atoms with Gasteiger partial charge < -0.3 is 4.74 Å². The van der Waals surface area contributed by atoms with E-state index in [2.05, 4.69) is 16.8 Å². The molecule has 2 aromatic carbocycles. The van der Waals surface area contributed by atoms with Gasteiger partial charge >= 0.3 is 5.97 Å². The zero-order chi connectivity index (χ0) is 15.2. The van der Waals surface area contributed by atoms with Crippen molar-refractivity contribution in [3.63, 3.8) is 0 Å². The maximum absolute atomic E-state index is 11.3. The molecule has 0 aliphatic carbocycles. The highest BCUT2D eigenvalue weighted by Crippen LogP contribution is 2.30. The van der Waals surface area contributed by atoms with Crippen LogP contribution in [0.15, 0.2) is 65.3 Å². The first-order valence-electron chi connectivity index (χ1n) is 6.52. The molecule has 0 aliphatic rings. The Morgan fingerprint density at radius 2 is 1.71 bits per heavy atom. The summed E-state index contributed by atoms with van der Waals surface area (Å²) in [5, 5.41) is 8.30. The lowest BCUT2D eigenvalue weighted by molar-refractivity contribution is -0.128. The Morgan fingerprint density at radius 1 is 1.05 bits per heavy atom. The van der Waals surface area contributed by atoms with Crippen LogP contribution in [-0.4, -0.2) is 5.97 Å². The Labute approximate surface area is 123 Å². The number of rotatable bonds is 4. The van der Waals surface area contributed by atoms with Crippen molar-refractivity contribution < 1.29 is 9.53 Å². The van der Waals surface area contributed by atoms with Crippen molar-refractivity contribution in [3.8, 4) is 5.75 Å². The van der Waals surface area contributed by atoms with E-state index in [0.717, 1.165) is 22.9 Å². The van der Waals surface area contributed by atoms with Crippen LogP contribution in [0, 0.1) is 13.8 Å². The summed E-state index contributed by atoms with van der Waals surface area (Å²) in [5.41, 5.74) is 3.36. The van der Waals surface area contributed by atoms with Gasteiger partial charge in [-0.1, -0.05) is 30.3 Å². The quantitative estimate of drug-likeness (QED) is 0.349. The second-order valence-electron chi connectivity index (χ2n) is 4.63. The van der Waals surface area contributed by atoms with Gasteiger partial charge in [0.15, 0.2) is 5.75 Å². The monoisotopic (exact) mass is 280 g/mol. The highest BCUT2D eigenvalue weighted by molar-refractivity contribution is 5.84. The van der Waals surface area contributed by atoms with Gasteiger partial charge in [-0.15, -0.1) is 5.11 Å². The Morgan fingerprint density at radius 3 is 2.38 bits per heavy atom. The van der Waals surface area contributed by atoms with Crippen molar-refractivity contribution in [2.24, 2.45) is 10.2 Å². The summed E-state index contributed by atoms with van der Waals surface area (Å²) in [5.74, 6) is -0.150. The molecule has 0 radical (unpaired) electrons. The fourth-order valence-corrected chi connectivity index (χ4v) is 1.66. The molecule has 0 unspecified atom stereocenters. The Bertz CT molecular complexity index is 688. The number of aryl methyl sites for hydroxylation is 2. The highest BCUT2D eigenvalue weighted by atomic mass is 16.5. The van der Waals surface area contributed by atoms with E-state index >= 15 is 0 Å². The molecule has 2 aromatic rings. The molecule has 0 aromatic heterocycles. The molecule has 0 heterocycles. The van der Waals surface area contributed by atoms with Crippen LogP contribution in [0.5, 0.6) is 5.75 Å². The maximum atomic E-state index is 11.3. The van der Waals surface area contributed by atoms with Crippen molar-refractivity contribution in [3.05, 3.63) is 66.2 Å². The fourth-order valence-electron chi connectivity index (χ4n) is 1.66. The van der Waals surface area contributed by atoms with Gasteiger partial charge in [0.05, 0.1) is 5.69 Å². The molecular weight excluding hydrogens is 264 g/mol. The van der Waals surface area contributed by atoms with E-state index in [1.165, 1.54) is 0 Å². The van der Waals surface area contributed by atoms with Crippen molar-refractivity contribution >= 4 is 17.3 Å². The number of azo groups is 1. The molecule has 106 valence electrons. The van der Waals surface area contributed by atoms with Crippen molar-refractivity contribution in [1.82, 2.24) is 0 Å². The molecule has 0 bridgehead atoms. The fraction of sp³-hybridized carbons (Fsp3) is 0.118. The normalized spacial score (nSPS) is 10.6. The van der Waals surface area contributed by atoms with Crippen LogP contribution in [0.25, 0.3) is 0 Å². The number of benzene rings is 2. The summed E-state index contributed by atoms with van der Waals surface area (Å²) in [6, 6.07) is 13.1. The van der Waals surface area contributed by atoms with E-state index in [1.807, 2.05) is 44.2 Å². The number of esters is 1. The van der Waals surface area contributed by atoms with Gasteiger partial charge in [0.25, 0.3) is 0 Å². The van der Waals surface area contributed by atoms with Gasteiger partial charge in [-0.2, -0.15) is 5.11 Å². The Hall–Kier alpha value is -2.75. The summed E-state index contributed by atoms with van der Waals surface area (Å²) in [6.07, 6.45) is 1.11. The molecule has 4 heteroatoms. The number of carbonyl (C=O) groups excluding carboxylic acids is 1. The van der Waals surface area contributed by atoms with Crippen molar-refractivity contribution in [2.75, 3.05) is 0 Å². The third-order valence-electron chi connectivity index (χ3n) is 2.80. The predicted octanol–water partition coefficient (Wildman–Crippen LogP) is 4.81. The largest absolute Gasteiger partial charge is 0.421 e. The first-order chi connectivity index (χ1) is 10.1. The summed E-state index contributed by atoms with van der Waals surface area (Å²) >= 11 is 0. The van der Waals surface area contributed by atoms with Crippen molar-refractivity contribution in [2.45, 2.75) is 13.8 Å². The van der Waals surface area contributed by atoms with Gasteiger partial charge in [-0.3, -0.25) is 0 Å². The first kappa shape index (κ1) is 14.7. The van der Waals surface area contributed by atoms with Gasteiger partial charge in [-0.25, -0.2) is 4.79 Å².